The summed E-state index contributed by atoms with van der Waals surface area (Å²) in [5.41, 5.74) is -0.0464. The van der Waals surface area contributed by atoms with Gasteiger partial charge in [0.05, 0.1) is 6.54 Å². The summed E-state index contributed by atoms with van der Waals surface area (Å²) in [6.07, 6.45) is -4.43. The van der Waals surface area contributed by atoms with Crippen molar-refractivity contribution < 1.29 is 31.1 Å². The highest BCUT2D eigenvalue weighted by molar-refractivity contribution is 5.76. The van der Waals surface area contributed by atoms with E-state index in [-0.39, 0.29) is 56.2 Å². The van der Waals surface area contributed by atoms with Crippen LogP contribution in [0.25, 0.3) is 0 Å². The number of fused-ring (bicyclic) bond motifs is 1. The summed E-state index contributed by atoms with van der Waals surface area (Å²) in [5, 5.41) is 6.62. The fraction of sp³-hybridized carbons (Fsp3) is 0.500. The topological polar surface area (TPSA) is 51.0 Å². The minimum atomic E-state index is -4.62. The molecule has 2 heterocycles. The van der Waals surface area contributed by atoms with Crippen LogP contribution in [0.4, 0.5) is 26.3 Å². The Morgan fingerprint density at radius 1 is 1.03 bits per heavy atom. The summed E-state index contributed by atoms with van der Waals surface area (Å²) in [6.45, 7) is 3.87. The van der Waals surface area contributed by atoms with E-state index >= 15 is 0 Å². The molecular weight excluding hydrogens is 402 g/mol. The summed E-state index contributed by atoms with van der Waals surface area (Å²) in [6, 6.07) is 1.19. The Morgan fingerprint density at radius 3 is 2.34 bits per heavy atom. The lowest BCUT2D eigenvalue weighted by Crippen LogP contribution is -2.39. The molecule has 0 saturated carbocycles. The van der Waals surface area contributed by atoms with E-state index in [9.17, 15) is 31.1 Å². The maximum Gasteiger partial charge on any atom is 0.451 e. The maximum absolute atomic E-state index is 13.6. The average Bonchev–Trinajstić information content (AvgIpc) is 3.11. The Morgan fingerprint density at radius 2 is 1.69 bits per heavy atom. The number of halogens is 6. The molecule has 1 aromatic carbocycles. The number of hydrogen-bond acceptors (Lipinski definition) is 3. The molecule has 1 aromatic heterocycles. The van der Waals surface area contributed by atoms with Crippen LogP contribution in [0.3, 0.4) is 0 Å². The molecule has 2 aromatic rings. The molecule has 11 heteroatoms. The third kappa shape index (κ3) is 5.27. The van der Waals surface area contributed by atoms with E-state index in [1.165, 1.54) is 4.90 Å². The summed E-state index contributed by atoms with van der Waals surface area (Å²) in [7, 11) is 0. The molecule has 5 nitrogen and oxygen atoms in total. The van der Waals surface area contributed by atoms with Gasteiger partial charge >= 0.3 is 6.18 Å². The molecule has 0 aliphatic carbocycles. The van der Waals surface area contributed by atoms with Crippen LogP contribution in [0.15, 0.2) is 12.1 Å². The number of alkyl halides is 3. The van der Waals surface area contributed by atoms with Gasteiger partial charge in [-0.15, -0.1) is 10.2 Å². The van der Waals surface area contributed by atoms with Crippen molar-refractivity contribution in [1.29, 1.82) is 0 Å². The first-order chi connectivity index (χ1) is 13.7. The van der Waals surface area contributed by atoms with Crippen molar-refractivity contribution in [2.75, 3.05) is 6.54 Å². The van der Waals surface area contributed by atoms with E-state index in [0.717, 1.165) is 10.6 Å². The second-order valence-electron chi connectivity index (χ2n) is 6.12. The van der Waals surface area contributed by atoms with E-state index in [4.69, 9.17) is 0 Å². The van der Waals surface area contributed by atoms with Crippen molar-refractivity contribution >= 4 is 5.91 Å². The van der Waals surface area contributed by atoms with Crippen molar-refractivity contribution in [3.8, 4) is 0 Å². The van der Waals surface area contributed by atoms with Gasteiger partial charge in [-0.3, -0.25) is 4.79 Å². The quantitative estimate of drug-likeness (QED) is 0.551. The van der Waals surface area contributed by atoms with Crippen LogP contribution < -0.4 is 0 Å². The molecule has 3 rings (SSSR count). The van der Waals surface area contributed by atoms with Gasteiger partial charge in [0.2, 0.25) is 11.7 Å². The van der Waals surface area contributed by atoms with E-state index in [0.29, 0.717) is 6.07 Å². The molecule has 0 fully saturated rings. The molecule has 1 aliphatic heterocycles. The number of aryl methyl sites for hydroxylation is 1. The normalized spacial score (nSPS) is 13.6. The van der Waals surface area contributed by atoms with Crippen molar-refractivity contribution in [2.24, 2.45) is 0 Å². The van der Waals surface area contributed by atoms with Crippen molar-refractivity contribution in [3.63, 3.8) is 0 Å². The van der Waals surface area contributed by atoms with Crippen LogP contribution in [0.2, 0.25) is 0 Å². The first-order valence-corrected chi connectivity index (χ1v) is 9.07. The number of carbonyl (C=O) groups is 1. The van der Waals surface area contributed by atoms with E-state index in [2.05, 4.69) is 10.2 Å². The number of benzene rings is 1. The molecule has 0 radical (unpaired) electrons. The predicted molar refractivity (Wildman–Crippen MR) is 91.0 cm³/mol. The van der Waals surface area contributed by atoms with Gasteiger partial charge in [0.1, 0.15) is 5.82 Å². The zero-order valence-electron chi connectivity index (χ0n) is 15.9. The van der Waals surface area contributed by atoms with Crippen LogP contribution in [-0.2, 0) is 30.5 Å². The zero-order valence-corrected chi connectivity index (χ0v) is 15.9. The fourth-order valence-electron chi connectivity index (χ4n) is 2.92. The monoisotopic (exact) mass is 422 g/mol. The Labute approximate surface area is 163 Å². The molecule has 1 amide bonds. The van der Waals surface area contributed by atoms with Gasteiger partial charge < -0.3 is 9.47 Å². The first kappa shape index (κ1) is 22.7. The van der Waals surface area contributed by atoms with Gasteiger partial charge in [0.15, 0.2) is 17.5 Å². The molecule has 0 saturated heterocycles. The maximum atomic E-state index is 13.6. The van der Waals surface area contributed by atoms with Crippen molar-refractivity contribution in [2.45, 2.75) is 52.4 Å². The summed E-state index contributed by atoms with van der Waals surface area (Å²) in [4.78, 5) is 13.6. The molecule has 1 aliphatic rings. The molecule has 0 bridgehead atoms. The average molecular weight is 422 g/mol. The van der Waals surface area contributed by atoms with E-state index in [1.54, 1.807) is 0 Å². The highest BCUT2D eigenvalue weighted by Gasteiger charge is 2.39. The Bertz CT molecular complexity index is 865. The van der Waals surface area contributed by atoms with Crippen molar-refractivity contribution in [1.82, 2.24) is 19.7 Å². The number of aromatic nitrogens is 3. The van der Waals surface area contributed by atoms with Gasteiger partial charge in [0, 0.05) is 25.6 Å². The van der Waals surface area contributed by atoms with Crippen LogP contribution >= 0.6 is 0 Å². The minimum absolute atomic E-state index is 0.0152. The molecule has 0 unspecified atom stereocenters. The highest BCUT2D eigenvalue weighted by Crippen LogP contribution is 2.29. The number of amides is 1. The molecule has 0 N–H and O–H groups in total. The standard InChI is InChI=1S/C16H14F6N4O.C2H6/c17-10-7-12(19)11(18)6-9(10)2-1-3-14(27)25-4-5-26-13(8-25)23-24-15(26)16(20,21)22;1-2/h6-7H,1-5,8H2;1-2H3. The van der Waals surface area contributed by atoms with Crippen molar-refractivity contribution in [3.05, 3.63) is 46.8 Å². The smallest absolute Gasteiger partial charge is 0.333 e. The lowest BCUT2D eigenvalue weighted by atomic mass is 10.1. The highest BCUT2D eigenvalue weighted by atomic mass is 19.4. The summed E-state index contributed by atoms with van der Waals surface area (Å²) >= 11 is 0. The summed E-state index contributed by atoms with van der Waals surface area (Å²) in [5.74, 6) is -4.77. The zero-order chi connectivity index (χ0) is 21.8. The van der Waals surface area contributed by atoms with Gasteiger partial charge in [-0.25, -0.2) is 13.2 Å². The number of carbonyl (C=O) groups excluding carboxylic acids is 1. The van der Waals surface area contributed by atoms with Gasteiger partial charge in [-0.1, -0.05) is 13.8 Å². The van der Waals surface area contributed by atoms with E-state index < -0.39 is 29.5 Å². The second kappa shape index (κ2) is 9.27. The molecule has 160 valence electrons. The largest absolute Gasteiger partial charge is 0.451 e. The van der Waals surface area contributed by atoms with Gasteiger partial charge in [-0.2, -0.15) is 13.2 Å². The van der Waals surface area contributed by atoms with Gasteiger partial charge in [0.25, 0.3) is 0 Å². The third-order valence-electron chi connectivity index (χ3n) is 4.29. The lowest BCUT2D eigenvalue weighted by Gasteiger charge is -2.28. The molecule has 0 atom stereocenters. The van der Waals surface area contributed by atoms with Crippen LogP contribution in [0.1, 0.15) is 43.9 Å². The SMILES string of the molecule is CC.O=C(CCCc1cc(F)c(F)cc1F)N1CCn2c(nnc2C(F)(F)F)C1. The first-order valence-electron chi connectivity index (χ1n) is 9.07. The van der Waals surface area contributed by atoms with Crippen LogP contribution in [-0.4, -0.2) is 32.1 Å². The molecule has 0 spiro atoms. The van der Waals surface area contributed by atoms with E-state index in [1.807, 2.05) is 13.8 Å². The minimum Gasteiger partial charge on any atom is -0.333 e. The Hall–Kier alpha value is -2.59. The third-order valence-corrected chi connectivity index (χ3v) is 4.29. The Kier molecular flexibility index (Phi) is 7.26. The number of hydrogen-bond donors (Lipinski definition) is 0. The molecular formula is C18H20F6N4O. The Balaban J connectivity index is 0.00000145. The number of nitrogens with zero attached hydrogens (tertiary/aromatic N) is 4. The van der Waals surface area contributed by atoms with Crippen LogP contribution in [0.5, 0.6) is 0 Å². The summed E-state index contributed by atoms with van der Waals surface area (Å²) < 4.78 is 78.9. The lowest BCUT2D eigenvalue weighted by molar-refractivity contribution is -0.148. The second-order valence-corrected chi connectivity index (χ2v) is 6.12. The van der Waals surface area contributed by atoms with Crippen LogP contribution in [0, 0.1) is 17.5 Å². The van der Waals surface area contributed by atoms with Gasteiger partial charge in [-0.05, 0) is 24.5 Å². The fourth-order valence-corrected chi connectivity index (χ4v) is 2.92. The molecule has 29 heavy (non-hydrogen) atoms. The number of rotatable bonds is 4. The predicted octanol–water partition coefficient (Wildman–Crippen LogP) is 4.11.